The molecule has 17 heavy (non-hydrogen) atoms. The second-order valence-corrected chi connectivity index (χ2v) is 5.04. The maximum atomic E-state index is 12.2. The lowest BCUT2D eigenvalue weighted by Gasteiger charge is -2.13. The van der Waals surface area contributed by atoms with Crippen LogP contribution in [-0.2, 0) is 6.42 Å². The van der Waals surface area contributed by atoms with Gasteiger partial charge in [0.1, 0.15) is 0 Å². The van der Waals surface area contributed by atoms with Gasteiger partial charge in [0.25, 0.3) is 0 Å². The molecule has 0 saturated carbocycles. The molecular formula is C14H11NOS. The van der Waals surface area contributed by atoms with Crippen LogP contribution in [0.25, 0.3) is 6.08 Å². The van der Waals surface area contributed by atoms with E-state index in [-0.39, 0.29) is 5.78 Å². The smallest absolute Gasteiger partial charge is 0.190 e. The zero-order chi connectivity index (χ0) is 11.7. The van der Waals surface area contributed by atoms with E-state index in [1.54, 1.807) is 23.7 Å². The van der Waals surface area contributed by atoms with Crippen LogP contribution in [0, 0.1) is 0 Å². The van der Waals surface area contributed by atoms with Crippen LogP contribution in [0.15, 0.2) is 41.5 Å². The predicted octanol–water partition coefficient (Wildman–Crippen LogP) is 3.36. The first-order valence-electron chi connectivity index (χ1n) is 5.56. The summed E-state index contributed by atoms with van der Waals surface area (Å²) in [4.78, 5) is 17.4. The Morgan fingerprint density at radius 2 is 2.00 bits per heavy atom. The van der Waals surface area contributed by atoms with Crippen LogP contribution in [0.5, 0.6) is 0 Å². The minimum absolute atomic E-state index is 0.185. The van der Waals surface area contributed by atoms with E-state index in [2.05, 4.69) is 4.98 Å². The van der Waals surface area contributed by atoms with Gasteiger partial charge in [-0.25, -0.2) is 0 Å². The molecule has 0 radical (unpaired) electrons. The van der Waals surface area contributed by atoms with Crippen molar-refractivity contribution in [3.8, 4) is 0 Å². The van der Waals surface area contributed by atoms with Crippen LogP contribution in [0.4, 0.5) is 0 Å². The van der Waals surface area contributed by atoms with Crippen molar-refractivity contribution in [2.75, 3.05) is 0 Å². The lowest BCUT2D eigenvalue weighted by Crippen LogP contribution is -2.11. The molecule has 2 heterocycles. The van der Waals surface area contributed by atoms with Crippen molar-refractivity contribution < 1.29 is 4.79 Å². The Kier molecular flexibility index (Phi) is 2.61. The van der Waals surface area contributed by atoms with Crippen molar-refractivity contribution in [3.63, 3.8) is 0 Å². The molecule has 0 atom stereocenters. The SMILES string of the molecule is O=C1/C(=C/c2ccncc2)CCc2sccc21. The van der Waals surface area contributed by atoms with Crippen LogP contribution in [0.2, 0.25) is 0 Å². The van der Waals surface area contributed by atoms with Gasteiger partial charge in [-0.2, -0.15) is 0 Å². The lowest BCUT2D eigenvalue weighted by atomic mass is 9.91. The molecule has 0 unspecified atom stereocenters. The quantitative estimate of drug-likeness (QED) is 0.717. The van der Waals surface area contributed by atoms with E-state index in [0.29, 0.717) is 0 Å². The third-order valence-electron chi connectivity index (χ3n) is 2.95. The minimum Gasteiger partial charge on any atom is -0.289 e. The number of hydrogen-bond acceptors (Lipinski definition) is 3. The largest absolute Gasteiger partial charge is 0.289 e. The highest BCUT2D eigenvalue weighted by atomic mass is 32.1. The normalized spacial score (nSPS) is 17.2. The number of rotatable bonds is 1. The van der Waals surface area contributed by atoms with Gasteiger partial charge >= 0.3 is 0 Å². The second-order valence-electron chi connectivity index (χ2n) is 4.04. The number of hydrogen-bond donors (Lipinski definition) is 0. The summed E-state index contributed by atoms with van der Waals surface area (Å²) in [5.41, 5.74) is 2.84. The molecule has 84 valence electrons. The number of Topliss-reactive ketones (excluding diaryl/α,β-unsaturated/α-hetero) is 1. The molecule has 0 aliphatic heterocycles. The Bertz CT molecular complexity index is 583. The minimum atomic E-state index is 0.185. The number of aryl methyl sites for hydroxylation is 1. The standard InChI is InChI=1S/C14H11NOS/c16-14-11(9-10-3-6-15-7-4-10)1-2-13-12(14)5-8-17-13/h3-9H,1-2H2/b11-9+. The Labute approximate surface area is 104 Å². The van der Waals surface area contributed by atoms with Gasteiger partial charge in [-0.1, -0.05) is 0 Å². The highest BCUT2D eigenvalue weighted by Gasteiger charge is 2.22. The molecule has 1 aliphatic rings. The average Bonchev–Trinajstić information content (AvgIpc) is 2.83. The Hall–Kier alpha value is -1.74. The molecule has 2 nitrogen and oxygen atoms in total. The molecule has 0 aromatic carbocycles. The Morgan fingerprint density at radius 1 is 1.18 bits per heavy atom. The summed E-state index contributed by atoms with van der Waals surface area (Å²) in [5, 5.41) is 2.00. The van der Waals surface area contributed by atoms with E-state index in [9.17, 15) is 4.79 Å². The van der Waals surface area contributed by atoms with Gasteiger partial charge in [0, 0.05) is 28.4 Å². The number of aromatic nitrogens is 1. The van der Waals surface area contributed by atoms with Crippen molar-refractivity contribution in [2.24, 2.45) is 0 Å². The zero-order valence-corrected chi connectivity index (χ0v) is 10.0. The van der Waals surface area contributed by atoms with E-state index in [4.69, 9.17) is 0 Å². The third kappa shape index (κ3) is 1.94. The molecule has 3 heteroatoms. The molecule has 0 fully saturated rings. The molecule has 0 N–H and O–H groups in total. The van der Waals surface area contributed by atoms with E-state index < -0.39 is 0 Å². The third-order valence-corrected chi connectivity index (χ3v) is 3.93. The Morgan fingerprint density at radius 3 is 2.82 bits per heavy atom. The number of nitrogens with zero attached hydrogens (tertiary/aromatic N) is 1. The molecule has 0 saturated heterocycles. The summed E-state index contributed by atoms with van der Waals surface area (Å²) in [7, 11) is 0. The number of carbonyl (C=O) groups is 1. The van der Waals surface area contributed by atoms with Crippen molar-refractivity contribution in [1.82, 2.24) is 4.98 Å². The fourth-order valence-electron chi connectivity index (χ4n) is 2.07. The monoisotopic (exact) mass is 241 g/mol. The zero-order valence-electron chi connectivity index (χ0n) is 9.22. The fourth-order valence-corrected chi connectivity index (χ4v) is 2.95. The first-order chi connectivity index (χ1) is 8.34. The maximum Gasteiger partial charge on any atom is 0.190 e. The topological polar surface area (TPSA) is 30.0 Å². The first-order valence-corrected chi connectivity index (χ1v) is 6.44. The van der Waals surface area contributed by atoms with Gasteiger partial charge in [-0.3, -0.25) is 9.78 Å². The van der Waals surface area contributed by atoms with Gasteiger partial charge in [-0.15, -0.1) is 11.3 Å². The van der Waals surface area contributed by atoms with Gasteiger partial charge < -0.3 is 0 Å². The molecule has 0 spiro atoms. The molecule has 1 aliphatic carbocycles. The number of pyridine rings is 1. The van der Waals surface area contributed by atoms with Crippen molar-refractivity contribution in [2.45, 2.75) is 12.8 Å². The van der Waals surface area contributed by atoms with Crippen LogP contribution >= 0.6 is 11.3 Å². The lowest BCUT2D eigenvalue weighted by molar-refractivity contribution is 0.102. The number of carbonyl (C=O) groups excluding carboxylic acids is 1. The van der Waals surface area contributed by atoms with Gasteiger partial charge in [0.2, 0.25) is 0 Å². The van der Waals surface area contributed by atoms with E-state index >= 15 is 0 Å². The first kappa shape index (κ1) is 10.4. The van der Waals surface area contributed by atoms with Crippen molar-refractivity contribution in [3.05, 3.63) is 57.6 Å². The van der Waals surface area contributed by atoms with Crippen LogP contribution in [0.3, 0.4) is 0 Å². The molecule has 3 rings (SSSR count). The van der Waals surface area contributed by atoms with Gasteiger partial charge in [0.05, 0.1) is 0 Å². The number of allylic oxidation sites excluding steroid dienone is 1. The van der Waals surface area contributed by atoms with Crippen LogP contribution in [0.1, 0.15) is 27.2 Å². The average molecular weight is 241 g/mol. The number of thiophene rings is 1. The molecule has 2 aromatic heterocycles. The van der Waals surface area contributed by atoms with Crippen LogP contribution < -0.4 is 0 Å². The molecule has 0 bridgehead atoms. The highest BCUT2D eigenvalue weighted by Crippen LogP contribution is 2.29. The number of fused-ring (bicyclic) bond motifs is 1. The summed E-state index contributed by atoms with van der Waals surface area (Å²) in [5.74, 6) is 0.185. The van der Waals surface area contributed by atoms with Crippen LogP contribution in [-0.4, -0.2) is 10.8 Å². The van der Waals surface area contributed by atoms with Crippen molar-refractivity contribution in [1.29, 1.82) is 0 Å². The molecular weight excluding hydrogens is 230 g/mol. The second kappa shape index (κ2) is 4.26. The van der Waals surface area contributed by atoms with E-state index in [0.717, 1.165) is 29.5 Å². The Balaban J connectivity index is 1.97. The fraction of sp³-hybridized carbons (Fsp3) is 0.143. The van der Waals surface area contributed by atoms with Crippen molar-refractivity contribution >= 4 is 23.2 Å². The van der Waals surface area contributed by atoms with Gasteiger partial charge in [0.15, 0.2) is 5.78 Å². The van der Waals surface area contributed by atoms with E-state index in [1.807, 2.05) is 29.7 Å². The summed E-state index contributed by atoms with van der Waals surface area (Å²) in [6.45, 7) is 0. The predicted molar refractivity (Wildman–Crippen MR) is 69.2 cm³/mol. The van der Waals surface area contributed by atoms with E-state index in [1.165, 1.54) is 4.88 Å². The summed E-state index contributed by atoms with van der Waals surface area (Å²) >= 11 is 1.68. The molecule has 2 aromatic rings. The maximum absolute atomic E-state index is 12.2. The molecule has 0 amide bonds. The number of ketones is 1. The highest BCUT2D eigenvalue weighted by molar-refractivity contribution is 7.10. The summed E-state index contributed by atoms with van der Waals surface area (Å²) in [6.07, 6.45) is 7.29. The van der Waals surface area contributed by atoms with Gasteiger partial charge in [-0.05, 0) is 48.1 Å². The summed E-state index contributed by atoms with van der Waals surface area (Å²) in [6, 6.07) is 5.77. The summed E-state index contributed by atoms with van der Waals surface area (Å²) < 4.78 is 0.